The SMILES string of the molecule is CCCN1CCOC(c2ncc(CNCC)s2)C1. The third-order valence-electron chi connectivity index (χ3n) is 3.09. The Morgan fingerprint density at radius 1 is 1.56 bits per heavy atom. The van der Waals surface area contributed by atoms with Crippen molar-refractivity contribution in [3.8, 4) is 0 Å². The van der Waals surface area contributed by atoms with Crippen LogP contribution in [-0.2, 0) is 11.3 Å². The van der Waals surface area contributed by atoms with Crippen molar-refractivity contribution in [3.63, 3.8) is 0 Å². The van der Waals surface area contributed by atoms with E-state index in [0.717, 1.165) is 44.3 Å². The lowest BCUT2D eigenvalue weighted by Gasteiger charge is -2.31. The lowest BCUT2D eigenvalue weighted by molar-refractivity contribution is -0.0299. The van der Waals surface area contributed by atoms with Crippen molar-refractivity contribution in [2.24, 2.45) is 0 Å². The summed E-state index contributed by atoms with van der Waals surface area (Å²) in [5, 5.41) is 4.46. The van der Waals surface area contributed by atoms with E-state index in [0.29, 0.717) is 0 Å². The molecule has 0 aromatic carbocycles. The van der Waals surface area contributed by atoms with Crippen LogP contribution in [0.5, 0.6) is 0 Å². The van der Waals surface area contributed by atoms with Crippen LogP contribution in [0.25, 0.3) is 0 Å². The molecule has 2 heterocycles. The molecule has 1 aromatic heterocycles. The van der Waals surface area contributed by atoms with Crippen molar-refractivity contribution in [1.29, 1.82) is 0 Å². The van der Waals surface area contributed by atoms with Crippen LogP contribution >= 0.6 is 11.3 Å². The first-order valence-electron chi connectivity index (χ1n) is 6.82. The molecule has 0 radical (unpaired) electrons. The number of hydrogen-bond donors (Lipinski definition) is 1. The number of nitrogens with one attached hydrogen (secondary N) is 1. The lowest BCUT2D eigenvalue weighted by Crippen LogP contribution is -2.38. The number of aromatic nitrogens is 1. The molecule has 1 saturated heterocycles. The minimum absolute atomic E-state index is 0.172. The fraction of sp³-hybridized carbons (Fsp3) is 0.769. The molecule has 1 atom stereocenters. The Balaban J connectivity index is 1.91. The second kappa shape index (κ2) is 7.19. The minimum atomic E-state index is 0.172. The number of morpholine rings is 1. The standard InChI is InChI=1S/C13H23N3OS/c1-3-5-16-6-7-17-12(10-16)13-15-9-11(18-13)8-14-4-2/h9,12,14H,3-8,10H2,1-2H3. The number of rotatable bonds is 6. The summed E-state index contributed by atoms with van der Waals surface area (Å²) in [5.74, 6) is 0. The van der Waals surface area contributed by atoms with Gasteiger partial charge in [-0.25, -0.2) is 4.98 Å². The molecule has 1 aromatic rings. The van der Waals surface area contributed by atoms with Gasteiger partial charge in [0.05, 0.1) is 6.61 Å². The summed E-state index contributed by atoms with van der Waals surface area (Å²) in [6.45, 7) is 10.3. The van der Waals surface area contributed by atoms with Gasteiger partial charge in [-0.1, -0.05) is 13.8 Å². The maximum Gasteiger partial charge on any atom is 0.123 e. The van der Waals surface area contributed by atoms with E-state index in [9.17, 15) is 0 Å². The summed E-state index contributed by atoms with van der Waals surface area (Å²) in [5.41, 5.74) is 0. The second-order valence-electron chi connectivity index (χ2n) is 4.61. The van der Waals surface area contributed by atoms with Gasteiger partial charge in [-0.15, -0.1) is 11.3 Å². The van der Waals surface area contributed by atoms with E-state index in [1.807, 2.05) is 6.20 Å². The van der Waals surface area contributed by atoms with E-state index in [-0.39, 0.29) is 6.10 Å². The molecule has 1 unspecified atom stereocenters. The average Bonchev–Trinajstić information content (AvgIpc) is 2.86. The van der Waals surface area contributed by atoms with E-state index in [1.54, 1.807) is 11.3 Å². The van der Waals surface area contributed by atoms with E-state index < -0.39 is 0 Å². The van der Waals surface area contributed by atoms with Gasteiger partial charge in [-0.2, -0.15) is 0 Å². The smallest absolute Gasteiger partial charge is 0.123 e. The highest BCUT2D eigenvalue weighted by Gasteiger charge is 2.23. The number of thiazole rings is 1. The molecule has 5 heteroatoms. The Morgan fingerprint density at radius 3 is 3.22 bits per heavy atom. The quantitative estimate of drug-likeness (QED) is 0.857. The first-order valence-corrected chi connectivity index (χ1v) is 7.64. The van der Waals surface area contributed by atoms with Crippen molar-refractivity contribution in [1.82, 2.24) is 15.2 Å². The van der Waals surface area contributed by atoms with Crippen LogP contribution in [0.15, 0.2) is 6.20 Å². The highest BCUT2D eigenvalue weighted by molar-refractivity contribution is 7.11. The summed E-state index contributed by atoms with van der Waals surface area (Å²) < 4.78 is 5.84. The van der Waals surface area contributed by atoms with Gasteiger partial charge in [-0.05, 0) is 19.5 Å². The molecule has 1 aliphatic heterocycles. The number of hydrogen-bond acceptors (Lipinski definition) is 5. The minimum Gasteiger partial charge on any atom is -0.368 e. The molecular formula is C13H23N3OS. The third-order valence-corrected chi connectivity index (χ3v) is 4.18. The summed E-state index contributed by atoms with van der Waals surface area (Å²) in [4.78, 5) is 8.28. The van der Waals surface area contributed by atoms with Crippen LogP contribution in [0.2, 0.25) is 0 Å². The Hall–Kier alpha value is -0.490. The molecule has 0 amide bonds. The molecular weight excluding hydrogens is 246 g/mol. The summed E-state index contributed by atoms with van der Waals surface area (Å²) in [7, 11) is 0. The van der Waals surface area contributed by atoms with Crippen LogP contribution in [-0.4, -0.2) is 42.7 Å². The molecule has 0 bridgehead atoms. The third kappa shape index (κ3) is 3.75. The topological polar surface area (TPSA) is 37.4 Å². The van der Waals surface area contributed by atoms with Crippen molar-refractivity contribution in [3.05, 3.63) is 16.1 Å². The molecule has 4 nitrogen and oxygen atoms in total. The first-order chi connectivity index (χ1) is 8.83. The van der Waals surface area contributed by atoms with Gasteiger partial charge in [0.15, 0.2) is 0 Å². The monoisotopic (exact) mass is 269 g/mol. The van der Waals surface area contributed by atoms with Crippen molar-refractivity contribution in [2.75, 3.05) is 32.8 Å². The Kier molecular flexibility index (Phi) is 5.56. The highest BCUT2D eigenvalue weighted by Crippen LogP contribution is 2.26. The molecule has 102 valence electrons. The van der Waals surface area contributed by atoms with Gasteiger partial charge in [-0.3, -0.25) is 4.90 Å². The summed E-state index contributed by atoms with van der Waals surface area (Å²) >= 11 is 1.77. The Labute approximate surface area is 113 Å². The normalized spacial score (nSPS) is 21.3. The van der Waals surface area contributed by atoms with Gasteiger partial charge in [0.25, 0.3) is 0 Å². The van der Waals surface area contributed by atoms with Gasteiger partial charge in [0, 0.05) is 30.7 Å². The van der Waals surface area contributed by atoms with Gasteiger partial charge < -0.3 is 10.1 Å². The maximum absolute atomic E-state index is 5.84. The van der Waals surface area contributed by atoms with Crippen molar-refractivity contribution < 1.29 is 4.74 Å². The fourth-order valence-electron chi connectivity index (χ4n) is 2.17. The molecule has 0 aliphatic carbocycles. The van der Waals surface area contributed by atoms with Crippen molar-refractivity contribution >= 4 is 11.3 Å². The van der Waals surface area contributed by atoms with Crippen molar-refractivity contribution in [2.45, 2.75) is 32.9 Å². The van der Waals surface area contributed by atoms with Gasteiger partial charge in [0.2, 0.25) is 0 Å². The summed E-state index contributed by atoms with van der Waals surface area (Å²) in [6.07, 6.45) is 3.35. The van der Waals surface area contributed by atoms with Gasteiger partial charge in [0.1, 0.15) is 11.1 Å². The van der Waals surface area contributed by atoms with Crippen LogP contribution in [0, 0.1) is 0 Å². The second-order valence-corrected chi connectivity index (χ2v) is 5.75. The zero-order valence-corrected chi connectivity index (χ0v) is 12.1. The molecule has 1 fully saturated rings. The highest BCUT2D eigenvalue weighted by atomic mass is 32.1. The molecule has 1 aliphatic rings. The summed E-state index contributed by atoms with van der Waals surface area (Å²) in [6, 6.07) is 0. The lowest BCUT2D eigenvalue weighted by atomic mass is 10.2. The first kappa shape index (κ1) is 13.9. The van der Waals surface area contributed by atoms with E-state index in [4.69, 9.17) is 4.74 Å². The molecule has 18 heavy (non-hydrogen) atoms. The van der Waals surface area contributed by atoms with E-state index in [1.165, 1.54) is 11.3 Å². The van der Waals surface area contributed by atoms with Crippen LogP contribution in [0.1, 0.15) is 36.3 Å². The zero-order valence-electron chi connectivity index (χ0n) is 11.3. The largest absolute Gasteiger partial charge is 0.368 e. The maximum atomic E-state index is 5.84. The predicted molar refractivity (Wildman–Crippen MR) is 74.9 cm³/mol. The average molecular weight is 269 g/mol. The number of ether oxygens (including phenoxy) is 1. The zero-order chi connectivity index (χ0) is 12.8. The molecule has 0 saturated carbocycles. The van der Waals surface area contributed by atoms with Crippen LogP contribution in [0.3, 0.4) is 0 Å². The fourth-order valence-corrected chi connectivity index (χ4v) is 3.10. The molecule has 0 spiro atoms. The number of nitrogens with zero attached hydrogens (tertiary/aromatic N) is 2. The molecule has 2 rings (SSSR count). The Morgan fingerprint density at radius 2 is 2.44 bits per heavy atom. The molecule has 1 N–H and O–H groups in total. The van der Waals surface area contributed by atoms with Gasteiger partial charge >= 0.3 is 0 Å². The van der Waals surface area contributed by atoms with Crippen LogP contribution in [0.4, 0.5) is 0 Å². The predicted octanol–water partition coefficient (Wildman–Crippen LogP) is 2.04. The van der Waals surface area contributed by atoms with E-state index in [2.05, 4.69) is 29.0 Å². The Bertz CT molecular complexity index is 354. The van der Waals surface area contributed by atoms with E-state index >= 15 is 0 Å². The van der Waals surface area contributed by atoms with Crippen LogP contribution < -0.4 is 5.32 Å².